The highest BCUT2D eigenvalue weighted by Crippen LogP contribution is 2.26. The van der Waals surface area contributed by atoms with Crippen molar-refractivity contribution in [1.29, 1.82) is 0 Å². The summed E-state index contributed by atoms with van der Waals surface area (Å²) in [5.74, 6) is 0.552. The molecule has 1 atom stereocenters. The monoisotopic (exact) mass is 361 g/mol. The molecule has 0 unspecified atom stereocenters. The van der Waals surface area contributed by atoms with Gasteiger partial charge in [0.25, 0.3) is 5.91 Å². The normalized spacial score (nSPS) is 17.7. The number of carbonyl (C=O) groups is 1. The maximum atomic E-state index is 13.0. The number of amides is 1. The van der Waals surface area contributed by atoms with Gasteiger partial charge in [-0.1, -0.05) is 11.6 Å². The number of benzene rings is 1. The van der Waals surface area contributed by atoms with Crippen LogP contribution < -0.4 is 0 Å². The van der Waals surface area contributed by atoms with Gasteiger partial charge in [-0.2, -0.15) is 5.10 Å². The molecule has 0 spiro atoms. The van der Waals surface area contributed by atoms with Gasteiger partial charge in [0.2, 0.25) is 0 Å². The van der Waals surface area contributed by atoms with E-state index in [-0.39, 0.29) is 5.91 Å². The predicted octanol–water partition coefficient (Wildman–Crippen LogP) is 3.80. The maximum Gasteiger partial charge on any atom is 0.255 e. The van der Waals surface area contributed by atoms with Crippen LogP contribution in [0.1, 0.15) is 36.0 Å². The molecular formula is C19H24ClN3O2. The number of piperidine rings is 1. The Kier molecular flexibility index (Phi) is 6.10. The van der Waals surface area contributed by atoms with Crippen molar-refractivity contribution < 1.29 is 9.53 Å². The van der Waals surface area contributed by atoms with Crippen molar-refractivity contribution >= 4 is 17.5 Å². The molecule has 0 bridgehead atoms. The van der Waals surface area contributed by atoms with Gasteiger partial charge in [0, 0.05) is 39.2 Å². The van der Waals surface area contributed by atoms with Crippen molar-refractivity contribution in [3.8, 4) is 5.69 Å². The fourth-order valence-electron chi connectivity index (χ4n) is 3.41. The van der Waals surface area contributed by atoms with E-state index in [2.05, 4.69) is 5.10 Å². The summed E-state index contributed by atoms with van der Waals surface area (Å²) < 4.78 is 6.87. The number of hydrogen-bond acceptors (Lipinski definition) is 3. The van der Waals surface area contributed by atoms with Gasteiger partial charge in [-0.15, -0.1) is 0 Å². The van der Waals surface area contributed by atoms with Crippen LogP contribution in [0.3, 0.4) is 0 Å². The van der Waals surface area contributed by atoms with Crippen LogP contribution in [0, 0.1) is 5.92 Å². The minimum atomic E-state index is 0.00967. The highest BCUT2D eigenvalue weighted by atomic mass is 35.5. The summed E-state index contributed by atoms with van der Waals surface area (Å²) in [6.45, 7) is 2.37. The first-order chi connectivity index (χ1) is 12.2. The van der Waals surface area contributed by atoms with Crippen molar-refractivity contribution in [1.82, 2.24) is 14.7 Å². The summed E-state index contributed by atoms with van der Waals surface area (Å²) in [7, 11) is 1.73. The highest BCUT2D eigenvalue weighted by Gasteiger charge is 2.25. The molecule has 1 saturated heterocycles. The molecule has 0 radical (unpaired) electrons. The quantitative estimate of drug-likeness (QED) is 0.735. The zero-order valence-corrected chi connectivity index (χ0v) is 15.3. The van der Waals surface area contributed by atoms with Crippen LogP contribution in [-0.4, -0.2) is 47.4 Å². The van der Waals surface area contributed by atoms with Crippen LogP contribution in [0.15, 0.2) is 36.7 Å². The molecule has 25 heavy (non-hydrogen) atoms. The lowest BCUT2D eigenvalue weighted by atomic mass is 9.93. The molecule has 0 N–H and O–H groups in total. The zero-order valence-electron chi connectivity index (χ0n) is 14.5. The first kappa shape index (κ1) is 18.0. The van der Waals surface area contributed by atoms with Gasteiger partial charge in [0.1, 0.15) is 0 Å². The molecule has 2 heterocycles. The van der Waals surface area contributed by atoms with Gasteiger partial charge in [-0.3, -0.25) is 4.79 Å². The van der Waals surface area contributed by atoms with Crippen molar-refractivity contribution in [2.75, 3.05) is 26.8 Å². The lowest BCUT2D eigenvalue weighted by Crippen LogP contribution is -2.40. The second kappa shape index (κ2) is 8.50. The first-order valence-electron chi connectivity index (χ1n) is 8.77. The zero-order chi connectivity index (χ0) is 17.6. The fourth-order valence-corrected chi connectivity index (χ4v) is 3.61. The molecule has 1 amide bonds. The Balaban J connectivity index is 1.72. The van der Waals surface area contributed by atoms with Crippen molar-refractivity contribution in [2.24, 2.45) is 5.92 Å². The fraction of sp³-hybridized carbons (Fsp3) is 0.474. The van der Waals surface area contributed by atoms with E-state index in [1.54, 1.807) is 24.1 Å². The summed E-state index contributed by atoms with van der Waals surface area (Å²) in [4.78, 5) is 14.9. The summed E-state index contributed by atoms with van der Waals surface area (Å²) in [6, 6.07) is 7.32. The SMILES string of the molecule is COCCC[C@H]1CCCN(C(=O)c2cc(-n3cccn3)ccc2Cl)C1. The Morgan fingerprint density at radius 2 is 2.32 bits per heavy atom. The molecule has 134 valence electrons. The number of hydrogen-bond donors (Lipinski definition) is 0. The molecule has 0 saturated carbocycles. The van der Waals surface area contributed by atoms with Crippen LogP contribution in [0.25, 0.3) is 5.69 Å². The third-order valence-electron chi connectivity index (χ3n) is 4.72. The molecule has 6 heteroatoms. The Labute approximate surface area is 153 Å². The Hall–Kier alpha value is -1.85. The smallest absolute Gasteiger partial charge is 0.255 e. The summed E-state index contributed by atoms with van der Waals surface area (Å²) >= 11 is 6.32. The van der Waals surface area contributed by atoms with Crippen LogP contribution in [0.2, 0.25) is 5.02 Å². The molecular weight excluding hydrogens is 338 g/mol. The molecule has 5 nitrogen and oxygen atoms in total. The van der Waals surface area contributed by atoms with Crippen LogP contribution >= 0.6 is 11.6 Å². The van der Waals surface area contributed by atoms with Gasteiger partial charge >= 0.3 is 0 Å². The Morgan fingerprint density at radius 1 is 1.44 bits per heavy atom. The number of aromatic nitrogens is 2. The summed E-state index contributed by atoms with van der Waals surface area (Å²) in [5.41, 5.74) is 1.39. The van der Waals surface area contributed by atoms with Crippen molar-refractivity contribution in [3.05, 3.63) is 47.2 Å². The number of ether oxygens (including phenoxy) is 1. The number of methoxy groups -OCH3 is 1. The van der Waals surface area contributed by atoms with E-state index in [0.717, 1.165) is 44.6 Å². The second-order valence-electron chi connectivity index (χ2n) is 6.51. The standard InChI is InChI=1S/C19H24ClN3O2/c1-25-12-3-6-15-5-2-10-22(14-15)19(24)17-13-16(7-8-18(17)20)23-11-4-9-21-23/h4,7-9,11,13,15H,2-3,5-6,10,12,14H2,1H3/t15-/m1/s1. The van der Waals surface area contributed by atoms with E-state index >= 15 is 0 Å². The molecule has 1 aromatic heterocycles. The topological polar surface area (TPSA) is 47.4 Å². The molecule has 2 aromatic rings. The van der Waals surface area contributed by atoms with Gasteiger partial charge in [-0.25, -0.2) is 4.68 Å². The second-order valence-corrected chi connectivity index (χ2v) is 6.92. The third-order valence-corrected chi connectivity index (χ3v) is 5.05. The van der Waals surface area contributed by atoms with E-state index in [1.807, 2.05) is 29.3 Å². The maximum absolute atomic E-state index is 13.0. The average Bonchev–Trinajstić information content (AvgIpc) is 3.17. The van der Waals surface area contributed by atoms with Crippen LogP contribution in [0.4, 0.5) is 0 Å². The van der Waals surface area contributed by atoms with E-state index in [9.17, 15) is 4.79 Å². The van der Waals surface area contributed by atoms with Gasteiger partial charge in [0.05, 0.1) is 16.3 Å². The van der Waals surface area contributed by atoms with Gasteiger partial charge in [0.15, 0.2) is 0 Å². The van der Waals surface area contributed by atoms with Gasteiger partial charge < -0.3 is 9.64 Å². The number of halogens is 1. The molecule has 1 aliphatic rings. The van der Waals surface area contributed by atoms with Crippen LogP contribution in [0.5, 0.6) is 0 Å². The number of likely N-dealkylation sites (tertiary alicyclic amines) is 1. The molecule has 1 aromatic carbocycles. The summed E-state index contributed by atoms with van der Waals surface area (Å²) in [6.07, 6.45) is 7.92. The van der Waals surface area contributed by atoms with E-state index in [1.165, 1.54) is 6.42 Å². The highest BCUT2D eigenvalue weighted by molar-refractivity contribution is 6.33. The van der Waals surface area contributed by atoms with Crippen LogP contribution in [-0.2, 0) is 4.74 Å². The molecule has 1 fully saturated rings. The van der Waals surface area contributed by atoms with Gasteiger partial charge in [-0.05, 0) is 55.9 Å². The third kappa shape index (κ3) is 4.41. The number of carbonyl (C=O) groups excluding carboxylic acids is 1. The lowest BCUT2D eigenvalue weighted by Gasteiger charge is -2.33. The summed E-state index contributed by atoms with van der Waals surface area (Å²) in [5, 5.41) is 4.71. The Bertz CT molecular complexity index is 703. The number of rotatable bonds is 6. The minimum absolute atomic E-state index is 0.00967. The van der Waals surface area contributed by atoms with E-state index < -0.39 is 0 Å². The van der Waals surface area contributed by atoms with Crippen molar-refractivity contribution in [3.63, 3.8) is 0 Å². The molecule has 1 aliphatic heterocycles. The number of nitrogens with zero attached hydrogens (tertiary/aromatic N) is 3. The Morgan fingerprint density at radius 3 is 3.08 bits per heavy atom. The molecule has 3 rings (SSSR count). The van der Waals surface area contributed by atoms with E-state index in [0.29, 0.717) is 16.5 Å². The average molecular weight is 362 g/mol. The van der Waals surface area contributed by atoms with Crippen molar-refractivity contribution in [2.45, 2.75) is 25.7 Å². The minimum Gasteiger partial charge on any atom is -0.385 e. The first-order valence-corrected chi connectivity index (χ1v) is 9.14. The lowest BCUT2D eigenvalue weighted by molar-refractivity contribution is 0.0660. The predicted molar refractivity (Wildman–Crippen MR) is 98.3 cm³/mol. The van der Waals surface area contributed by atoms with E-state index in [4.69, 9.17) is 16.3 Å². The largest absolute Gasteiger partial charge is 0.385 e. The molecule has 0 aliphatic carbocycles.